The van der Waals surface area contributed by atoms with Crippen LogP contribution in [0.2, 0.25) is 5.02 Å². The molecule has 8 heteroatoms. The molecule has 1 aromatic carbocycles. The molecule has 6 nitrogen and oxygen atoms in total. The van der Waals surface area contributed by atoms with Crippen LogP contribution in [-0.2, 0) is 14.4 Å². The molecular weight excluding hydrogens is 315 g/mol. The van der Waals surface area contributed by atoms with Gasteiger partial charge in [0.2, 0.25) is 11.8 Å². The molecule has 1 aliphatic heterocycles. The van der Waals surface area contributed by atoms with Crippen molar-refractivity contribution < 1.29 is 23.9 Å². The van der Waals surface area contributed by atoms with Crippen LogP contribution in [0.5, 0.6) is 0 Å². The van der Waals surface area contributed by atoms with Crippen LogP contribution in [0.1, 0.15) is 13.3 Å². The van der Waals surface area contributed by atoms with Crippen molar-refractivity contribution in [2.75, 3.05) is 11.4 Å². The molecule has 1 saturated heterocycles. The Kier molecular flexibility index (Phi) is 4.65. The van der Waals surface area contributed by atoms with Crippen molar-refractivity contribution in [3.63, 3.8) is 0 Å². The monoisotopic (exact) mass is 328 g/mol. The summed E-state index contributed by atoms with van der Waals surface area (Å²) in [5.74, 6) is -4.18. The number of halogens is 2. The number of carboxylic acid groups (broad SMARTS) is 1. The molecule has 2 N–H and O–H groups in total. The zero-order valence-corrected chi connectivity index (χ0v) is 12.4. The molecule has 0 radical (unpaired) electrons. The molecule has 0 aromatic heterocycles. The minimum absolute atomic E-state index is 0.0997. The molecule has 2 unspecified atom stereocenters. The fourth-order valence-corrected chi connectivity index (χ4v) is 2.31. The van der Waals surface area contributed by atoms with Gasteiger partial charge in [0, 0.05) is 12.2 Å². The van der Waals surface area contributed by atoms with Crippen molar-refractivity contribution in [3.05, 3.63) is 29.0 Å². The van der Waals surface area contributed by atoms with Gasteiger partial charge < -0.3 is 15.3 Å². The number of amides is 2. The van der Waals surface area contributed by atoms with Crippen LogP contribution in [0.25, 0.3) is 0 Å². The number of carbonyl (C=O) groups excluding carboxylic acids is 2. The molecule has 1 heterocycles. The van der Waals surface area contributed by atoms with Crippen molar-refractivity contribution in [1.82, 2.24) is 5.32 Å². The topological polar surface area (TPSA) is 86.7 Å². The number of benzene rings is 1. The average molecular weight is 329 g/mol. The van der Waals surface area contributed by atoms with Gasteiger partial charge in [-0.25, -0.2) is 4.39 Å². The highest BCUT2D eigenvalue weighted by Crippen LogP contribution is 2.26. The molecule has 22 heavy (non-hydrogen) atoms. The van der Waals surface area contributed by atoms with Gasteiger partial charge in [0.05, 0.1) is 5.02 Å². The summed E-state index contributed by atoms with van der Waals surface area (Å²) in [4.78, 5) is 36.1. The first-order valence-corrected chi connectivity index (χ1v) is 6.98. The summed E-state index contributed by atoms with van der Waals surface area (Å²) in [5.41, 5.74) is 0.430. The number of hydrogen-bond donors (Lipinski definition) is 2. The third kappa shape index (κ3) is 3.19. The third-order valence-corrected chi connectivity index (χ3v) is 3.79. The maximum atomic E-state index is 13.1. The van der Waals surface area contributed by atoms with Crippen LogP contribution in [0.15, 0.2) is 18.2 Å². The van der Waals surface area contributed by atoms with E-state index in [1.165, 1.54) is 24.0 Å². The Bertz CT molecular complexity index is 637. The van der Waals surface area contributed by atoms with Gasteiger partial charge in [-0.15, -0.1) is 0 Å². The number of anilines is 1. The van der Waals surface area contributed by atoms with Crippen LogP contribution >= 0.6 is 11.6 Å². The predicted molar refractivity (Wildman–Crippen MR) is 77.1 cm³/mol. The first-order valence-electron chi connectivity index (χ1n) is 6.61. The van der Waals surface area contributed by atoms with Gasteiger partial charge in [0.25, 0.3) is 0 Å². The second kappa shape index (κ2) is 6.31. The van der Waals surface area contributed by atoms with Crippen LogP contribution in [0.4, 0.5) is 10.1 Å². The largest absolute Gasteiger partial charge is 0.481 e. The minimum atomic E-state index is -1.26. The normalized spacial score (nSPS) is 19.1. The Morgan fingerprint density at radius 2 is 2.18 bits per heavy atom. The Labute approximate surface area is 130 Å². The lowest BCUT2D eigenvalue weighted by molar-refractivity contribution is -0.146. The maximum absolute atomic E-state index is 13.1. The average Bonchev–Trinajstić information content (AvgIpc) is 2.82. The molecule has 0 spiro atoms. The van der Waals surface area contributed by atoms with Gasteiger partial charge >= 0.3 is 5.97 Å². The predicted octanol–water partition coefficient (Wildman–Crippen LogP) is 1.42. The molecule has 0 bridgehead atoms. The van der Waals surface area contributed by atoms with Gasteiger partial charge in [-0.1, -0.05) is 11.6 Å². The van der Waals surface area contributed by atoms with E-state index in [-0.39, 0.29) is 10.9 Å². The van der Waals surface area contributed by atoms with E-state index in [1.807, 2.05) is 0 Å². The fourth-order valence-electron chi connectivity index (χ4n) is 2.13. The standard InChI is InChI=1S/C14H14ClFN2O4/c1-7(14(21)22)12(19)17-11-4-5-18(13(11)20)8-2-3-10(16)9(15)6-8/h2-3,6-7,11H,4-5H2,1H3,(H,17,19)(H,21,22). The van der Waals surface area contributed by atoms with E-state index < -0.39 is 29.7 Å². The third-order valence-electron chi connectivity index (χ3n) is 3.50. The number of carbonyl (C=O) groups is 3. The van der Waals surface area contributed by atoms with E-state index in [4.69, 9.17) is 16.7 Å². The Hall–Kier alpha value is -2.15. The number of hydrogen-bond acceptors (Lipinski definition) is 3. The van der Waals surface area contributed by atoms with Gasteiger partial charge in [0.15, 0.2) is 0 Å². The second-order valence-corrected chi connectivity index (χ2v) is 5.41. The molecular formula is C14H14ClFN2O4. The van der Waals surface area contributed by atoms with E-state index in [0.717, 1.165) is 6.07 Å². The number of carboxylic acids is 1. The lowest BCUT2D eigenvalue weighted by Gasteiger charge is -2.18. The fraction of sp³-hybridized carbons (Fsp3) is 0.357. The van der Waals surface area contributed by atoms with Crippen molar-refractivity contribution in [2.45, 2.75) is 19.4 Å². The second-order valence-electron chi connectivity index (χ2n) is 5.00. The SMILES string of the molecule is CC(C(=O)O)C(=O)NC1CCN(c2ccc(F)c(Cl)c2)C1=O. The first kappa shape index (κ1) is 16.2. The highest BCUT2D eigenvalue weighted by molar-refractivity contribution is 6.31. The summed E-state index contributed by atoms with van der Waals surface area (Å²) in [6.45, 7) is 1.57. The molecule has 0 saturated carbocycles. The zero-order chi connectivity index (χ0) is 16.4. The molecule has 1 aromatic rings. The quantitative estimate of drug-likeness (QED) is 0.818. The van der Waals surface area contributed by atoms with E-state index in [1.54, 1.807) is 0 Å². The minimum Gasteiger partial charge on any atom is -0.481 e. The van der Waals surface area contributed by atoms with Crippen LogP contribution in [0, 0.1) is 11.7 Å². The Morgan fingerprint density at radius 1 is 1.50 bits per heavy atom. The Morgan fingerprint density at radius 3 is 2.77 bits per heavy atom. The summed E-state index contributed by atoms with van der Waals surface area (Å²) in [6.07, 6.45) is 0.339. The maximum Gasteiger partial charge on any atom is 0.315 e. The van der Waals surface area contributed by atoms with Crippen molar-refractivity contribution >= 4 is 35.1 Å². The molecule has 2 amide bonds. The van der Waals surface area contributed by atoms with Gasteiger partial charge in [-0.05, 0) is 31.5 Å². The number of nitrogens with one attached hydrogen (secondary N) is 1. The summed E-state index contributed by atoms with van der Waals surface area (Å²) in [7, 11) is 0. The summed E-state index contributed by atoms with van der Waals surface area (Å²) >= 11 is 5.69. The molecule has 2 rings (SSSR count). The summed E-state index contributed by atoms with van der Waals surface area (Å²) in [6, 6.07) is 3.11. The Balaban J connectivity index is 2.08. The smallest absolute Gasteiger partial charge is 0.315 e. The van der Waals surface area contributed by atoms with E-state index >= 15 is 0 Å². The zero-order valence-electron chi connectivity index (χ0n) is 11.7. The number of nitrogens with zero attached hydrogens (tertiary/aromatic N) is 1. The highest BCUT2D eigenvalue weighted by Gasteiger charge is 2.35. The van der Waals surface area contributed by atoms with Crippen LogP contribution in [0.3, 0.4) is 0 Å². The van der Waals surface area contributed by atoms with Crippen LogP contribution < -0.4 is 10.2 Å². The lowest BCUT2D eigenvalue weighted by Crippen LogP contribution is -2.45. The number of rotatable bonds is 4. The molecule has 1 aliphatic rings. The van der Waals surface area contributed by atoms with Crippen molar-refractivity contribution in [2.24, 2.45) is 5.92 Å². The number of aliphatic carboxylic acids is 1. The first-order chi connectivity index (χ1) is 10.3. The van der Waals surface area contributed by atoms with Crippen molar-refractivity contribution in [3.8, 4) is 0 Å². The highest BCUT2D eigenvalue weighted by atomic mass is 35.5. The summed E-state index contributed by atoms with van der Waals surface area (Å²) in [5, 5.41) is 11.1. The molecule has 0 aliphatic carbocycles. The molecule has 1 fully saturated rings. The van der Waals surface area contributed by atoms with E-state index in [2.05, 4.69) is 5.32 Å². The van der Waals surface area contributed by atoms with E-state index in [9.17, 15) is 18.8 Å². The van der Waals surface area contributed by atoms with E-state index in [0.29, 0.717) is 18.7 Å². The van der Waals surface area contributed by atoms with Crippen LogP contribution in [-0.4, -0.2) is 35.5 Å². The van der Waals surface area contributed by atoms with Crippen molar-refractivity contribution in [1.29, 1.82) is 0 Å². The van der Waals surface area contributed by atoms with Gasteiger partial charge in [-0.2, -0.15) is 0 Å². The van der Waals surface area contributed by atoms with Gasteiger partial charge in [0.1, 0.15) is 17.8 Å². The lowest BCUT2D eigenvalue weighted by atomic mass is 10.1. The molecule has 118 valence electrons. The molecule has 2 atom stereocenters. The van der Waals surface area contributed by atoms with Gasteiger partial charge in [-0.3, -0.25) is 14.4 Å². The summed E-state index contributed by atoms with van der Waals surface area (Å²) < 4.78 is 13.1.